The third-order valence-corrected chi connectivity index (χ3v) is 2.98. The Bertz CT molecular complexity index is 621. The van der Waals surface area contributed by atoms with Crippen LogP contribution in [0.4, 0.5) is 0 Å². The van der Waals surface area contributed by atoms with Crippen molar-refractivity contribution in [3.05, 3.63) is 60.3 Å². The molecule has 0 aliphatic rings. The number of H-pyrrole nitrogens is 1. The Hall–Kier alpha value is -2.02. The third-order valence-electron chi connectivity index (χ3n) is 2.98. The average molecular weight is 207 g/mol. The summed E-state index contributed by atoms with van der Waals surface area (Å²) < 4.78 is 0. The summed E-state index contributed by atoms with van der Waals surface area (Å²) in [5.41, 5.74) is 3.77. The van der Waals surface area contributed by atoms with E-state index in [1.54, 1.807) is 0 Å². The van der Waals surface area contributed by atoms with Crippen molar-refractivity contribution < 1.29 is 0 Å². The number of hydrogen-bond acceptors (Lipinski definition) is 0. The molecule has 0 atom stereocenters. The molecule has 1 heteroatoms. The van der Waals surface area contributed by atoms with Gasteiger partial charge in [-0.05, 0) is 41.5 Å². The quantitative estimate of drug-likeness (QED) is 0.617. The lowest BCUT2D eigenvalue weighted by molar-refractivity contribution is 1.37. The largest absolute Gasteiger partial charge is 0.361 e. The lowest BCUT2D eigenvalue weighted by Gasteiger charge is -2.06. The van der Waals surface area contributed by atoms with Gasteiger partial charge in [0.05, 0.1) is 0 Å². The van der Waals surface area contributed by atoms with Crippen molar-refractivity contribution in [3.63, 3.8) is 0 Å². The first-order valence-corrected chi connectivity index (χ1v) is 5.48. The number of hydrogen-bond donors (Lipinski definition) is 1. The van der Waals surface area contributed by atoms with Gasteiger partial charge in [-0.25, -0.2) is 0 Å². The van der Waals surface area contributed by atoms with Gasteiger partial charge in [-0.3, -0.25) is 0 Å². The summed E-state index contributed by atoms with van der Waals surface area (Å²) >= 11 is 0. The highest BCUT2D eigenvalue weighted by Gasteiger charge is 2.03. The van der Waals surface area contributed by atoms with Crippen molar-refractivity contribution >= 4 is 10.8 Å². The van der Waals surface area contributed by atoms with Crippen LogP contribution >= 0.6 is 0 Å². The van der Waals surface area contributed by atoms with Crippen molar-refractivity contribution in [2.24, 2.45) is 0 Å². The predicted octanol–water partition coefficient (Wildman–Crippen LogP) is 4.14. The maximum Gasteiger partial charge on any atom is 0.0456 e. The second-order valence-electron chi connectivity index (χ2n) is 4.10. The molecule has 16 heavy (non-hydrogen) atoms. The highest BCUT2D eigenvalue weighted by atomic mass is 14.7. The Morgan fingerprint density at radius 1 is 0.875 bits per heavy atom. The predicted molar refractivity (Wildman–Crippen MR) is 68.5 cm³/mol. The van der Waals surface area contributed by atoms with Gasteiger partial charge in [0.2, 0.25) is 0 Å². The molecule has 0 unspecified atom stereocenters. The Labute approximate surface area is 94.7 Å². The van der Waals surface area contributed by atoms with E-state index >= 15 is 0 Å². The van der Waals surface area contributed by atoms with E-state index in [1.165, 1.54) is 27.6 Å². The zero-order chi connectivity index (χ0) is 11.0. The molecular weight excluding hydrogens is 194 g/mol. The highest BCUT2D eigenvalue weighted by molar-refractivity contribution is 5.88. The fourth-order valence-corrected chi connectivity index (χ4v) is 2.14. The van der Waals surface area contributed by atoms with E-state index in [0.29, 0.717) is 0 Å². The summed E-state index contributed by atoms with van der Waals surface area (Å²) in [5.74, 6) is 0. The van der Waals surface area contributed by atoms with E-state index in [2.05, 4.69) is 54.4 Å². The molecule has 1 heterocycles. The van der Waals surface area contributed by atoms with Gasteiger partial charge in [0, 0.05) is 17.5 Å². The SMILES string of the molecule is Cc1cc2ccccc2cc1-c1ccc[nH]1. The van der Waals surface area contributed by atoms with Gasteiger partial charge < -0.3 is 4.98 Å². The smallest absolute Gasteiger partial charge is 0.0456 e. The molecule has 3 aromatic rings. The monoisotopic (exact) mass is 207 g/mol. The summed E-state index contributed by atoms with van der Waals surface area (Å²) in [4.78, 5) is 3.26. The lowest BCUT2D eigenvalue weighted by Crippen LogP contribution is -1.84. The van der Waals surface area contributed by atoms with E-state index in [-0.39, 0.29) is 0 Å². The molecule has 0 saturated carbocycles. The van der Waals surface area contributed by atoms with Gasteiger partial charge in [-0.2, -0.15) is 0 Å². The molecule has 1 nitrogen and oxygen atoms in total. The first kappa shape index (κ1) is 9.22. The molecule has 0 spiro atoms. The van der Waals surface area contributed by atoms with E-state index in [4.69, 9.17) is 0 Å². The van der Waals surface area contributed by atoms with Crippen LogP contribution in [0.25, 0.3) is 22.0 Å². The average Bonchev–Trinajstić information content (AvgIpc) is 2.81. The topological polar surface area (TPSA) is 15.8 Å². The van der Waals surface area contributed by atoms with Crippen molar-refractivity contribution in [2.45, 2.75) is 6.92 Å². The molecular formula is C15H13N. The van der Waals surface area contributed by atoms with Crippen LogP contribution in [0.15, 0.2) is 54.7 Å². The number of aromatic amines is 1. The summed E-state index contributed by atoms with van der Waals surface area (Å²) in [6.45, 7) is 2.16. The van der Waals surface area contributed by atoms with Crippen LogP contribution in [0, 0.1) is 6.92 Å². The molecule has 78 valence electrons. The van der Waals surface area contributed by atoms with Gasteiger partial charge in [-0.1, -0.05) is 30.3 Å². The summed E-state index contributed by atoms with van der Waals surface area (Å²) in [7, 11) is 0. The normalized spacial score (nSPS) is 10.8. The van der Waals surface area contributed by atoms with Crippen molar-refractivity contribution in [1.82, 2.24) is 4.98 Å². The second-order valence-corrected chi connectivity index (χ2v) is 4.10. The van der Waals surface area contributed by atoms with Crippen LogP contribution < -0.4 is 0 Å². The van der Waals surface area contributed by atoms with E-state index in [9.17, 15) is 0 Å². The number of benzene rings is 2. The first-order valence-electron chi connectivity index (χ1n) is 5.48. The molecule has 0 fully saturated rings. The van der Waals surface area contributed by atoms with Gasteiger partial charge in [-0.15, -0.1) is 0 Å². The number of nitrogens with one attached hydrogen (secondary N) is 1. The minimum atomic E-state index is 1.18. The Kier molecular flexibility index (Phi) is 2.03. The number of fused-ring (bicyclic) bond motifs is 1. The van der Waals surface area contributed by atoms with Crippen molar-refractivity contribution in [3.8, 4) is 11.3 Å². The number of rotatable bonds is 1. The van der Waals surface area contributed by atoms with Crippen LogP contribution in [-0.2, 0) is 0 Å². The molecule has 3 rings (SSSR count). The Morgan fingerprint density at radius 2 is 1.62 bits per heavy atom. The Balaban J connectivity index is 2.30. The molecule has 0 saturated heterocycles. The van der Waals surface area contributed by atoms with E-state index < -0.39 is 0 Å². The summed E-state index contributed by atoms with van der Waals surface area (Å²) in [6.07, 6.45) is 1.96. The second kappa shape index (κ2) is 3.53. The maximum absolute atomic E-state index is 3.26. The molecule has 0 radical (unpaired) electrons. The third kappa shape index (κ3) is 1.41. The molecule has 0 bridgehead atoms. The van der Waals surface area contributed by atoms with Gasteiger partial charge in [0.1, 0.15) is 0 Å². The summed E-state index contributed by atoms with van der Waals surface area (Å²) in [6, 6.07) is 17.1. The minimum Gasteiger partial charge on any atom is -0.361 e. The van der Waals surface area contributed by atoms with Gasteiger partial charge in [0.25, 0.3) is 0 Å². The van der Waals surface area contributed by atoms with Crippen LogP contribution in [0.2, 0.25) is 0 Å². The van der Waals surface area contributed by atoms with Crippen LogP contribution in [0.3, 0.4) is 0 Å². The standard InChI is InChI=1S/C15H13N/c1-11-9-12-5-2-3-6-13(12)10-14(11)15-7-4-8-16-15/h2-10,16H,1H3. The van der Waals surface area contributed by atoms with E-state index in [1.807, 2.05) is 12.3 Å². The molecule has 0 aliphatic heterocycles. The first-order chi connectivity index (χ1) is 7.84. The zero-order valence-corrected chi connectivity index (χ0v) is 9.20. The highest BCUT2D eigenvalue weighted by Crippen LogP contribution is 2.26. The maximum atomic E-state index is 3.26. The molecule has 0 aliphatic carbocycles. The molecule has 0 amide bonds. The molecule has 1 aromatic heterocycles. The van der Waals surface area contributed by atoms with Gasteiger partial charge >= 0.3 is 0 Å². The fraction of sp³-hybridized carbons (Fsp3) is 0.0667. The van der Waals surface area contributed by atoms with Gasteiger partial charge in [0.15, 0.2) is 0 Å². The number of aromatic nitrogens is 1. The van der Waals surface area contributed by atoms with Crippen LogP contribution in [0.5, 0.6) is 0 Å². The Morgan fingerprint density at radius 3 is 2.31 bits per heavy atom. The zero-order valence-electron chi connectivity index (χ0n) is 9.20. The fourth-order valence-electron chi connectivity index (χ4n) is 2.14. The minimum absolute atomic E-state index is 1.18. The van der Waals surface area contributed by atoms with Crippen LogP contribution in [0.1, 0.15) is 5.56 Å². The van der Waals surface area contributed by atoms with Crippen molar-refractivity contribution in [2.75, 3.05) is 0 Å². The summed E-state index contributed by atoms with van der Waals surface area (Å²) in [5, 5.41) is 2.59. The molecule has 2 aromatic carbocycles. The number of aryl methyl sites for hydroxylation is 1. The van der Waals surface area contributed by atoms with E-state index in [0.717, 1.165) is 0 Å². The molecule has 1 N–H and O–H groups in total. The lowest BCUT2D eigenvalue weighted by atomic mass is 10.00. The van der Waals surface area contributed by atoms with Crippen LogP contribution in [-0.4, -0.2) is 4.98 Å². The van der Waals surface area contributed by atoms with Crippen molar-refractivity contribution in [1.29, 1.82) is 0 Å².